The van der Waals surface area contributed by atoms with Crippen LogP contribution in [0.3, 0.4) is 0 Å². The molecule has 202 valence electrons. The Hall–Kier alpha value is -3.58. The van der Waals surface area contributed by atoms with Gasteiger partial charge >= 0.3 is 5.97 Å². The van der Waals surface area contributed by atoms with Gasteiger partial charge in [0, 0.05) is 43.0 Å². The molecule has 2 unspecified atom stereocenters. The van der Waals surface area contributed by atoms with Gasteiger partial charge in [0.25, 0.3) is 0 Å². The number of hydrogen-bond donors (Lipinski definition) is 5. The number of nitrogens with one attached hydrogen (secondary N) is 3. The summed E-state index contributed by atoms with van der Waals surface area (Å²) in [4.78, 5) is 17.8. The number of aromatic carboxylic acids is 1. The number of carboxylic acid groups (broad SMARTS) is 1. The van der Waals surface area contributed by atoms with Crippen molar-refractivity contribution in [3.8, 4) is 0 Å². The SMILES string of the molecule is CNS(=O)(=O)c1ccc(Cn2c(C(=O)O)cc3cc(CC(C)NCC(O)N4C=NC(=N)CC4)ccc32)cc1. The molecule has 0 saturated heterocycles. The third-order valence-corrected chi connectivity index (χ3v) is 8.00. The topological polar surface area (TPSA) is 160 Å². The highest BCUT2D eigenvalue weighted by Crippen LogP contribution is 2.24. The maximum absolute atomic E-state index is 12.0. The van der Waals surface area contributed by atoms with E-state index in [0.29, 0.717) is 31.8 Å². The van der Waals surface area contributed by atoms with Crippen molar-refractivity contribution in [2.24, 2.45) is 4.99 Å². The van der Waals surface area contributed by atoms with Gasteiger partial charge in [-0.3, -0.25) is 5.41 Å². The van der Waals surface area contributed by atoms with Crippen molar-refractivity contribution in [2.75, 3.05) is 20.1 Å². The maximum atomic E-state index is 12.0. The van der Waals surface area contributed by atoms with Gasteiger partial charge in [-0.1, -0.05) is 18.2 Å². The summed E-state index contributed by atoms with van der Waals surface area (Å²) in [6, 6.07) is 13.9. The number of nitrogens with zero attached hydrogens (tertiary/aromatic N) is 3. The zero-order chi connectivity index (χ0) is 27.4. The lowest BCUT2D eigenvalue weighted by molar-refractivity contribution is 0.0552. The van der Waals surface area contributed by atoms with Gasteiger partial charge in [0.15, 0.2) is 0 Å². The van der Waals surface area contributed by atoms with Crippen molar-refractivity contribution in [2.45, 2.75) is 43.5 Å². The summed E-state index contributed by atoms with van der Waals surface area (Å²) in [5.74, 6) is -0.736. The molecule has 12 heteroatoms. The standard InChI is InChI=1S/C26H32N6O5S/c1-17(29-14-25(33)31-10-9-24(27)30-16-31)11-19-5-8-22-20(12-19)13-23(26(34)35)32(22)15-18-3-6-21(7-4-18)38(36,37)28-2/h3-8,12-13,16-17,25,27-29,33H,9-11,14-15H2,1-2H3,(H,34,35). The number of aliphatic hydroxyl groups excluding tert-OH is 1. The predicted molar refractivity (Wildman–Crippen MR) is 145 cm³/mol. The molecule has 0 fully saturated rings. The summed E-state index contributed by atoms with van der Waals surface area (Å²) in [6.45, 7) is 3.19. The molecule has 0 bridgehead atoms. The normalized spacial score (nSPS) is 15.7. The lowest BCUT2D eigenvalue weighted by Gasteiger charge is -2.29. The minimum atomic E-state index is -3.55. The summed E-state index contributed by atoms with van der Waals surface area (Å²) in [7, 11) is -2.20. The summed E-state index contributed by atoms with van der Waals surface area (Å²) in [5, 5.41) is 31.9. The van der Waals surface area contributed by atoms with Crippen molar-refractivity contribution in [1.82, 2.24) is 19.5 Å². The maximum Gasteiger partial charge on any atom is 0.352 e. The fraction of sp³-hybridized carbons (Fsp3) is 0.346. The molecule has 5 N–H and O–H groups in total. The van der Waals surface area contributed by atoms with Crippen molar-refractivity contribution < 1.29 is 23.4 Å². The van der Waals surface area contributed by atoms with E-state index in [1.165, 1.54) is 25.5 Å². The molecule has 0 saturated carbocycles. The summed E-state index contributed by atoms with van der Waals surface area (Å²) in [5.41, 5.74) is 2.71. The van der Waals surface area contributed by atoms with Crippen LogP contribution in [0.2, 0.25) is 0 Å². The lowest BCUT2D eigenvalue weighted by atomic mass is 10.1. The fourth-order valence-corrected chi connectivity index (χ4v) is 5.18. The van der Waals surface area contributed by atoms with Crippen LogP contribution in [0.1, 0.15) is 35.0 Å². The van der Waals surface area contributed by atoms with E-state index >= 15 is 0 Å². The van der Waals surface area contributed by atoms with Gasteiger partial charge in [0.2, 0.25) is 10.0 Å². The Labute approximate surface area is 221 Å². The summed E-state index contributed by atoms with van der Waals surface area (Å²) in [6.07, 6.45) is 1.94. The van der Waals surface area contributed by atoms with Crippen molar-refractivity contribution in [3.05, 3.63) is 65.4 Å². The average molecular weight is 541 g/mol. The van der Waals surface area contributed by atoms with Crippen molar-refractivity contribution in [1.29, 1.82) is 5.41 Å². The van der Waals surface area contributed by atoms with E-state index in [2.05, 4.69) is 15.0 Å². The zero-order valence-corrected chi connectivity index (χ0v) is 22.1. The molecular formula is C26H32N6O5S. The third kappa shape index (κ3) is 6.27. The molecule has 1 aliphatic heterocycles. The fourth-order valence-electron chi connectivity index (χ4n) is 4.45. The number of carbonyl (C=O) groups is 1. The van der Waals surface area contributed by atoms with E-state index in [1.807, 2.05) is 25.1 Å². The molecule has 2 atom stereocenters. The molecule has 38 heavy (non-hydrogen) atoms. The lowest BCUT2D eigenvalue weighted by Crippen LogP contribution is -2.46. The number of aromatic nitrogens is 1. The second kappa shape index (κ2) is 11.4. The minimum Gasteiger partial charge on any atom is -0.477 e. The second-order valence-electron chi connectivity index (χ2n) is 9.34. The Bertz CT molecular complexity index is 1470. The molecule has 3 aromatic rings. The number of aliphatic imine (C=N–C) groups is 1. The van der Waals surface area contributed by atoms with Gasteiger partial charge in [-0.25, -0.2) is 22.9 Å². The van der Waals surface area contributed by atoms with Crippen LogP contribution in [0.25, 0.3) is 10.9 Å². The van der Waals surface area contributed by atoms with E-state index in [4.69, 9.17) is 5.41 Å². The van der Waals surface area contributed by atoms with Crippen LogP contribution in [0, 0.1) is 5.41 Å². The first kappa shape index (κ1) is 27.5. The molecule has 0 amide bonds. The Kier molecular flexibility index (Phi) is 8.26. The minimum absolute atomic E-state index is 0.0514. The van der Waals surface area contributed by atoms with Crippen LogP contribution >= 0.6 is 0 Å². The number of carboxylic acids is 1. The van der Waals surface area contributed by atoms with Crippen molar-refractivity contribution in [3.63, 3.8) is 0 Å². The molecule has 11 nitrogen and oxygen atoms in total. The van der Waals surface area contributed by atoms with Gasteiger partial charge in [-0.15, -0.1) is 0 Å². The average Bonchev–Trinajstić information content (AvgIpc) is 3.25. The van der Waals surface area contributed by atoms with E-state index in [1.54, 1.807) is 27.7 Å². The second-order valence-corrected chi connectivity index (χ2v) is 11.2. The number of fused-ring (bicyclic) bond motifs is 1. The molecule has 0 spiro atoms. The number of aliphatic hydroxyl groups is 1. The molecular weight excluding hydrogens is 508 g/mol. The molecule has 4 rings (SSSR count). The molecule has 1 aromatic heterocycles. The smallest absolute Gasteiger partial charge is 0.352 e. The number of sulfonamides is 1. The van der Waals surface area contributed by atoms with Crippen molar-refractivity contribution >= 4 is 39.1 Å². The first-order chi connectivity index (χ1) is 18.1. The van der Waals surface area contributed by atoms with Crippen LogP contribution in [-0.4, -0.2) is 78.6 Å². The monoisotopic (exact) mass is 540 g/mol. The predicted octanol–water partition coefficient (Wildman–Crippen LogP) is 1.85. The van der Waals surface area contributed by atoms with Gasteiger partial charge in [-0.2, -0.15) is 0 Å². The highest BCUT2D eigenvalue weighted by molar-refractivity contribution is 7.89. The van der Waals surface area contributed by atoms with E-state index in [-0.39, 0.29) is 23.2 Å². The molecule has 0 radical (unpaired) electrons. The molecule has 2 aromatic carbocycles. The van der Waals surface area contributed by atoms with Crippen LogP contribution in [0.15, 0.2) is 58.4 Å². The van der Waals surface area contributed by atoms with Gasteiger partial charge in [0.05, 0.1) is 11.2 Å². The van der Waals surface area contributed by atoms with E-state index in [9.17, 15) is 23.4 Å². The Balaban J connectivity index is 1.46. The zero-order valence-electron chi connectivity index (χ0n) is 21.3. The third-order valence-electron chi connectivity index (χ3n) is 6.57. The first-order valence-electron chi connectivity index (χ1n) is 12.2. The van der Waals surface area contributed by atoms with E-state index < -0.39 is 22.2 Å². The number of hydrogen-bond acceptors (Lipinski definition) is 7. The van der Waals surface area contributed by atoms with E-state index in [0.717, 1.165) is 22.0 Å². The number of benzene rings is 2. The molecule has 1 aliphatic rings. The molecule has 2 heterocycles. The van der Waals surface area contributed by atoms with Gasteiger partial charge in [-0.05, 0) is 61.9 Å². The van der Waals surface area contributed by atoms with Gasteiger partial charge < -0.3 is 25.0 Å². The largest absolute Gasteiger partial charge is 0.477 e. The van der Waals surface area contributed by atoms with Crippen LogP contribution < -0.4 is 10.0 Å². The number of rotatable bonds is 11. The summed E-state index contributed by atoms with van der Waals surface area (Å²) >= 11 is 0. The van der Waals surface area contributed by atoms with Crippen LogP contribution in [-0.2, 0) is 23.0 Å². The Morgan fingerprint density at radius 2 is 1.87 bits per heavy atom. The Morgan fingerprint density at radius 1 is 1.16 bits per heavy atom. The van der Waals surface area contributed by atoms with Crippen LogP contribution in [0.5, 0.6) is 0 Å². The number of amidine groups is 1. The highest BCUT2D eigenvalue weighted by Gasteiger charge is 2.19. The molecule has 0 aliphatic carbocycles. The van der Waals surface area contributed by atoms with Gasteiger partial charge in [0.1, 0.15) is 17.8 Å². The first-order valence-corrected chi connectivity index (χ1v) is 13.7. The quantitative estimate of drug-likeness (QED) is 0.248. The Morgan fingerprint density at radius 3 is 2.50 bits per heavy atom. The van der Waals surface area contributed by atoms with Crippen LogP contribution in [0.4, 0.5) is 0 Å². The highest BCUT2D eigenvalue weighted by atomic mass is 32.2. The summed E-state index contributed by atoms with van der Waals surface area (Å²) < 4.78 is 28.0.